The minimum Gasteiger partial charge on any atom is -0.307 e. The predicted octanol–water partition coefficient (Wildman–Crippen LogP) is 5.60. The fourth-order valence-electron chi connectivity index (χ4n) is 3.34. The van der Waals surface area contributed by atoms with Gasteiger partial charge in [-0.15, -0.1) is 0 Å². The van der Waals surface area contributed by atoms with Crippen LogP contribution in [-0.2, 0) is 11.3 Å². The Labute approximate surface area is 182 Å². The molecule has 0 aliphatic heterocycles. The van der Waals surface area contributed by atoms with E-state index in [1.165, 1.54) is 6.07 Å². The fourth-order valence-corrected chi connectivity index (χ4v) is 3.75. The Morgan fingerprint density at radius 1 is 0.933 bits per heavy atom. The summed E-state index contributed by atoms with van der Waals surface area (Å²) in [5, 5.41) is 7.34. The van der Waals surface area contributed by atoms with Crippen molar-refractivity contribution in [2.45, 2.75) is 12.5 Å². The molecule has 4 nitrogen and oxygen atoms in total. The van der Waals surface area contributed by atoms with Crippen molar-refractivity contribution in [1.82, 2.24) is 9.78 Å². The first-order valence-corrected chi connectivity index (χ1v) is 10.3. The van der Waals surface area contributed by atoms with E-state index in [2.05, 4.69) is 26.3 Å². The lowest BCUT2D eigenvalue weighted by atomic mass is 9.90. The Kier molecular flexibility index (Phi) is 6.05. The molecule has 1 heterocycles. The number of halogens is 2. The van der Waals surface area contributed by atoms with Crippen LogP contribution < -0.4 is 5.32 Å². The van der Waals surface area contributed by atoms with Gasteiger partial charge in [0.25, 0.3) is 0 Å². The molecule has 30 heavy (non-hydrogen) atoms. The van der Waals surface area contributed by atoms with Crippen molar-refractivity contribution in [3.63, 3.8) is 0 Å². The summed E-state index contributed by atoms with van der Waals surface area (Å²) in [5.41, 5.74) is 2.31. The van der Waals surface area contributed by atoms with Gasteiger partial charge >= 0.3 is 0 Å². The first-order chi connectivity index (χ1) is 14.6. The smallest absolute Gasteiger partial charge is 0.237 e. The number of amides is 1. The second kappa shape index (κ2) is 9.05. The van der Waals surface area contributed by atoms with Gasteiger partial charge in [-0.2, -0.15) is 5.10 Å². The maximum atomic E-state index is 14.0. The number of nitrogens with zero attached hydrogens (tertiary/aromatic N) is 2. The van der Waals surface area contributed by atoms with E-state index in [0.717, 1.165) is 11.1 Å². The van der Waals surface area contributed by atoms with Crippen LogP contribution in [0, 0.1) is 5.82 Å². The first-order valence-electron chi connectivity index (χ1n) is 9.49. The molecule has 1 amide bonds. The van der Waals surface area contributed by atoms with Crippen molar-refractivity contribution in [3.8, 4) is 0 Å². The molecule has 4 rings (SSSR count). The topological polar surface area (TPSA) is 46.9 Å². The Bertz CT molecular complexity index is 1110. The van der Waals surface area contributed by atoms with Crippen LogP contribution in [0.25, 0.3) is 0 Å². The minimum absolute atomic E-state index is 0.191. The molecule has 0 atom stereocenters. The highest BCUT2D eigenvalue weighted by atomic mass is 79.9. The van der Waals surface area contributed by atoms with Crippen LogP contribution in [0.15, 0.2) is 95.6 Å². The molecule has 3 aromatic carbocycles. The van der Waals surface area contributed by atoms with E-state index in [1.54, 1.807) is 29.1 Å². The summed E-state index contributed by atoms with van der Waals surface area (Å²) in [6.45, 7) is 0.266. The summed E-state index contributed by atoms with van der Waals surface area (Å²) >= 11 is 3.45. The minimum atomic E-state index is -0.476. The summed E-state index contributed by atoms with van der Waals surface area (Å²) in [5.74, 6) is -0.559. The average molecular weight is 464 g/mol. The van der Waals surface area contributed by atoms with Gasteiger partial charge in [-0.3, -0.25) is 9.48 Å². The first kappa shape index (κ1) is 20.0. The van der Waals surface area contributed by atoms with Gasteiger partial charge in [0.2, 0.25) is 5.91 Å². The maximum Gasteiger partial charge on any atom is 0.237 e. The molecule has 0 radical (unpaired) electrons. The number of anilines is 1. The number of rotatable bonds is 6. The van der Waals surface area contributed by atoms with Crippen LogP contribution in [-0.4, -0.2) is 15.7 Å². The maximum absolute atomic E-state index is 14.0. The molecule has 1 aromatic heterocycles. The van der Waals surface area contributed by atoms with Gasteiger partial charge < -0.3 is 5.32 Å². The summed E-state index contributed by atoms with van der Waals surface area (Å²) in [7, 11) is 0. The summed E-state index contributed by atoms with van der Waals surface area (Å²) in [6.07, 6.45) is 1.72. The third-order valence-corrected chi connectivity index (χ3v) is 5.36. The van der Waals surface area contributed by atoms with Gasteiger partial charge in [0.15, 0.2) is 5.82 Å². The Balaban J connectivity index is 1.59. The van der Waals surface area contributed by atoms with Crippen LogP contribution in [0.3, 0.4) is 0 Å². The summed E-state index contributed by atoms with van der Waals surface area (Å²) in [6, 6.07) is 25.8. The number of benzene rings is 3. The van der Waals surface area contributed by atoms with Gasteiger partial charge in [0.1, 0.15) is 5.82 Å². The lowest BCUT2D eigenvalue weighted by Crippen LogP contribution is -2.22. The zero-order chi connectivity index (χ0) is 20.9. The SMILES string of the molecule is O=C(Nc1nn(Cc2ccccc2F)cc1Br)C(c1ccccc1)c1ccccc1. The van der Waals surface area contributed by atoms with E-state index in [4.69, 9.17) is 0 Å². The molecule has 1 N–H and O–H groups in total. The molecular formula is C24H19BrFN3O. The van der Waals surface area contributed by atoms with Crippen LogP contribution in [0.5, 0.6) is 0 Å². The van der Waals surface area contributed by atoms with Crippen molar-refractivity contribution in [2.75, 3.05) is 5.32 Å². The van der Waals surface area contributed by atoms with E-state index >= 15 is 0 Å². The number of hydrogen-bond donors (Lipinski definition) is 1. The van der Waals surface area contributed by atoms with Crippen molar-refractivity contribution in [2.24, 2.45) is 0 Å². The molecule has 0 aliphatic carbocycles. The lowest BCUT2D eigenvalue weighted by Gasteiger charge is -2.17. The van der Waals surface area contributed by atoms with Crippen LogP contribution in [0.1, 0.15) is 22.6 Å². The highest BCUT2D eigenvalue weighted by molar-refractivity contribution is 9.10. The van der Waals surface area contributed by atoms with Gasteiger partial charge in [0.05, 0.1) is 16.9 Å². The fraction of sp³-hybridized carbons (Fsp3) is 0.0833. The highest BCUT2D eigenvalue weighted by Crippen LogP contribution is 2.28. The van der Waals surface area contributed by atoms with E-state index in [9.17, 15) is 9.18 Å². The van der Waals surface area contributed by atoms with Crippen LogP contribution >= 0.6 is 15.9 Å². The third-order valence-electron chi connectivity index (χ3n) is 4.78. The zero-order valence-electron chi connectivity index (χ0n) is 16.0. The number of hydrogen-bond acceptors (Lipinski definition) is 2. The quantitative estimate of drug-likeness (QED) is 0.404. The molecule has 6 heteroatoms. The largest absolute Gasteiger partial charge is 0.307 e. The van der Waals surface area contributed by atoms with Crippen molar-refractivity contribution in [3.05, 3.63) is 118 Å². The molecular weight excluding hydrogens is 445 g/mol. The third kappa shape index (κ3) is 4.49. The number of nitrogens with one attached hydrogen (secondary N) is 1. The molecule has 0 saturated carbocycles. The number of carbonyl (C=O) groups is 1. The molecule has 150 valence electrons. The van der Waals surface area contributed by atoms with E-state index in [0.29, 0.717) is 15.9 Å². The van der Waals surface area contributed by atoms with E-state index < -0.39 is 5.92 Å². The normalized spacial score (nSPS) is 10.9. The van der Waals surface area contributed by atoms with E-state index in [-0.39, 0.29) is 18.3 Å². The van der Waals surface area contributed by atoms with Crippen molar-refractivity contribution in [1.29, 1.82) is 0 Å². The standard InChI is InChI=1S/C24H19BrFN3O/c25-20-16-29(15-19-13-7-8-14-21(19)26)28-23(20)27-24(30)22(17-9-3-1-4-10-17)18-11-5-2-6-12-18/h1-14,16,22H,15H2,(H,27,28,30). The molecule has 0 fully saturated rings. The highest BCUT2D eigenvalue weighted by Gasteiger charge is 2.24. The molecule has 0 unspecified atom stereocenters. The second-order valence-corrected chi connectivity index (χ2v) is 7.71. The van der Waals surface area contributed by atoms with E-state index in [1.807, 2.05) is 60.7 Å². The van der Waals surface area contributed by atoms with Gasteiger partial charge in [-0.1, -0.05) is 78.9 Å². The molecule has 0 spiro atoms. The van der Waals surface area contributed by atoms with Crippen molar-refractivity contribution < 1.29 is 9.18 Å². The second-order valence-electron chi connectivity index (χ2n) is 6.86. The molecule has 0 bridgehead atoms. The number of aromatic nitrogens is 2. The summed E-state index contributed by atoms with van der Waals surface area (Å²) in [4.78, 5) is 13.2. The van der Waals surface area contributed by atoms with Gasteiger partial charge in [-0.25, -0.2) is 4.39 Å². The predicted molar refractivity (Wildman–Crippen MR) is 119 cm³/mol. The lowest BCUT2D eigenvalue weighted by molar-refractivity contribution is -0.116. The molecule has 4 aromatic rings. The Morgan fingerprint density at radius 2 is 1.50 bits per heavy atom. The number of carbonyl (C=O) groups excluding carboxylic acids is 1. The van der Waals surface area contributed by atoms with Crippen LogP contribution in [0.2, 0.25) is 0 Å². The molecule has 0 aliphatic rings. The summed E-state index contributed by atoms with van der Waals surface area (Å²) < 4.78 is 16.2. The Hall–Kier alpha value is -3.25. The van der Waals surface area contributed by atoms with Gasteiger partial charge in [0, 0.05) is 11.8 Å². The molecule has 0 saturated heterocycles. The Morgan fingerprint density at radius 3 is 2.10 bits per heavy atom. The zero-order valence-corrected chi connectivity index (χ0v) is 17.6. The van der Waals surface area contributed by atoms with Crippen LogP contribution in [0.4, 0.5) is 10.2 Å². The average Bonchev–Trinajstić information content (AvgIpc) is 3.10. The van der Waals surface area contributed by atoms with Gasteiger partial charge in [-0.05, 0) is 33.1 Å². The monoisotopic (exact) mass is 463 g/mol. The van der Waals surface area contributed by atoms with Crippen molar-refractivity contribution >= 4 is 27.7 Å².